The largest absolute Gasteiger partial charge is 0.497 e. The Kier molecular flexibility index (Phi) is 8.55. The average molecular weight is 853 g/mol. The number of halogens is 2. The summed E-state index contributed by atoms with van der Waals surface area (Å²) in [7, 11) is 1.65. The number of aromatic nitrogens is 1. The summed E-state index contributed by atoms with van der Waals surface area (Å²) in [4.78, 5) is 30.5. The molecule has 0 saturated heterocycles. The van der Waals surface area contributed by atoms with E-state index in [0.29, 0.717) is 9.33 Å². The van der Waals surface area contributed by atoms with E-state index >= 15 is 0 Å². The van der Waals surface area contributed by atoms with Crippen molar-refractivity contribution in [1.82, 2.24) is 4.57 Å². The molecule has 2 aliphatic rings. The Bertz CT molecular complexity index is 2200. The van der Waals surface area contributed by atoms with Gasteiger partial charge >= 0.3 is 0 Å². The first-order chi connectivity index (χ1) is 22.3. The van der Waals surface area contributed by atoms with Gasteiger partial charge in [-0.1, -0.05) is 47.7 Å². The zero-order valence-corrected chi connectivity index (χ0v) is 29.5. The molecule has 46 heavy (non-hydrogen) atoms. The lowest BCUT2D eigenvalue weighted by atomic mass is 9.83. The molecule has 7 rings (SSSR count). The number of nitro benzene ring substituents is 1. The van der Waals surface area contributed by atoms with E-state index < -0.39 is 4.92 Å². The number of aryl methyl sites for hydroxylation is 1. The van der Waals surface area contributed by atoms with Gasteiger partial charge in [0.2, 0.25) is 0 Å². The monoisotopic (exact) mass is 853 g/mol. The molecule has 4 aromatic carbocycles. The highest BCUT2D eigenvalue weighted by Gasteiger charge is 2.32. The highest BCUT2D eigenvalue weighted by atomic mass is 127. The number of hydrogen-bond donors (Lipinski definition) is 0. The number of ether oxygens (including phenoxy) is 2. The van der Waals surface area contributed by atoms with Gasteiger partial charge in [-0.25, -0.2) is 4.99 Å². The second-order valence-corrected chi connectivity index (χ2v) is 14.2. The SMILES string of the molecule is COc1ccc([C@H]2C3=C(N=c4s/c(=C\c5cc(I)c(OCc6ccc([N+](=O)[O-])cc6)c(I)c5)c(=O)n42)c2ccccc2CC3)cc1. The van der Waals surface area contributed by atoms with Crippen molar-refractivity contribution in [1.29, 1.82) is 0 Å². The molecule has 0 unspecified atom stereocenters. The van der Waals surface area contributed by atoms with E-state index in [9.17, 15) is 14.9 Å². The maximum atomic E-state index is 14.2. The molecule has 2 heterocycles. The molecular formula is C35H25I2N3O5S. The minimum atomic E-state index is -0.418. The maximum absolute atomic E-state index is 14.2. The van der Waals surface area contributed by atoms with Crippen molar-refractivity contribution in [3.63, 3.8) is 0 Å². The van der Waals surface area contributed by atoms with Crippen molar-refractivity contribution >= 4 is 74.0 Å². The van der Waals surface area contributed by atoms with Crippen LogP contribution in [0.4, 0.5) is 5.69 Å². The van der Waals surface area contributed by atoms with Crippen LogP contribution in [0.15, 0.2) is 100 Å². The summed E-state index contributed by atoms with van der Waals surface area (Å²) in [5, 5.41) is 11.0. The molecule has 0 amide bonds. The molecule has 0 radical (unpaired) electrons. The molecule has 0 bridgehead atoms. The van der Waals surface area contributed by atoms with Crippen LogP contribution in [0.3, 0.4) is 0 Å². The van der Waals surface area contributed by atoms with Gasteiger partial charge in [0.15, 0.2) is 4.80 Å². The molecule has 0 spiro atoms. The van der Waals surface area contributed by atoms with Crippen LogP contribution in [0.25, 0.3) is 11.8 Å². The summed E-state index contributed by atoms with van der Waals surface area (Å²) in [6, 6.07) is 26.4. The fraction of sp³-hybridized carbons (Fsp3) is 0.143. The summed E-state index contributed by atoms with van der Waals surface area (Å²) in [6.07, 6.45) is 3.65. The van der Waals surface area contributed by atoms with E-state index in [1.54, 1.807) is 19.2 Å². The van der Waals surface area contributed by atoms with Gasteiger partial charge in [0.05, 0.1) is 35.4 Å². The Labute approximate surface area is 295 Å². The Morgan fingerprint density at radius 3 is 2.43 bits per heavy atom. The summed E-state index contributed by atoms with van der Waals surface area (Å²) in [5.74, 6) is 1.49. The highest BCUT2D eigenvalue weighted by molar-refractivity contribution is 14.1. The number of non-ortho nitro benzene ring substituents is 1. The van der Waals surface area contributed by atoms with Crippen LogP contribution in [0.2, 0.25) is 0 Å². The smallest absolute Gasteiger partial charge is 0.271 e. The van der Waals surface area contributed by atoms with Crippen molar-refractivity contribution in [2.75, 3.05) is 7.11 Å². The van der Waals surface area contributed by atoms with Crippen molar-refractivity contribution in [3.05, 3.63) is 155 Å². The molecule has 0 fully saturated rings. The fourth-order valence-electron chi connectivity index (χ4n) is 5.93. The number of fused-ring (bicyclic) bond motifs is 3. The lowest BCUT2D eigenvalue weighted by Gasteiger charge is -2.30. The van der Waals surface area contributed by atoms with E-state index in [0.717, 1.165) is 65.0 Å². The predicted molar refractivity (Wildman–Crippen MR) is 195 cm³/mol. The third kappa shape index (κ3) is 5.79. The Morgan fingerprint density at radius 1 is 1.02 bits per heavy atom. The average Bonchev–Trinajstić information content (AvgIpc) is 3.37. The van der Waals surface area contributed by atoms with Crippen LogP contribution in [0.1, 0.15) is 40.3 Å². The zero-order valence-electron chi connectivity index (χ0n) is 24.4. The first kappa shape index (κ1) is 30.8. The number of nitrogens with zero attached hydrogens (tertiary/aromatic N) is 3. The molecule has 1 aliphatic heterocycles. The van der Waals surface area contributed by atoms with Crippen molar-refractivity contribution in [2.45, 2.75) is 25.5 Å². The number of nitro groups is 1. The molecule has 11 heteroatoms. The molecule has 1 atom stereocenters. The third-order valence-electron chi connectivity index (χ3n) is 8.15. The summed E-state index contributed by atoms with van der Waals surface area (Å²) < 4.78 is 15.8. The van der Waals surface area contributed by atoms with E-state index in [2.05, 4.69) is 63.4 Å². The van der Waals surface area contributed by atoms with Gasteiger partial charge in [-0.15, -0.1) is 0 Å². The lowest BCUT2D eigenvalue weighted by molar-refractivity contribution is -0.384. The normalized spacial score (nSPS) is 15.5. The van der Waals surface area contributed by atoms with Gasteiger partial charge in [0, 0.05) is 17.7 Å². The summed E-state index contributed by atoms with van der Waals surface area (Å²) >= 11 is 5.89. The Hall–Kier alpha value is -3.82. The molecule has 1 aromatic heterocycles. The van der Waals surface area contributed by atoms with Crippen LogP contribution < -0.4 is 24.4 Å². The van der Waals surface area contributed by atoms with Gasteiger partial charge in [-0.3, -0.25) is 19.5 Å². The first-order valence-electron chi connectivity index (χ1n) is 14.4. The number of benzene rings is 4. The topological polar surface area (TPSA) is 96.0 Å². The summed E-state index contributed by atoms with van der Waals surface area (Å²) in [6.45, 7) is 0.279. The molecule has 0 saturated carbocycles. The first-order valence-corrected chi connectivity index (χ1v) is 17.4. The van der Waals surface area contributed by atoms with Crippen LogP contribution in [0.5, 0.6) is 11.5 Å². The molecule has 230 valence electrons. The van der Waals surface area contributed by atoms with E-state index in [1.807, 2.05) is 53.1 Å². The molecule has 8 nitrogen and oxygen atoms in total. The molecule has 5 aromatic rings. The van der Waals surface area contributed by atoms with Crippen LogP contribution in [-0.4, -0.2) is 16.6 Å². The third-order valence-corrected chi connectivity index (χ3v) is 10.7. The van der Waals surface area contributed by atoms with Crippen molar-refractivity contribution < 1.29 is 14.4 Å². The number of allylic oxidation sites excluding steroid dienone is 1. The van der Waals surface area contributed by atoms with Crippen molar-refractivity contribution in [3.8, 4) is 11.5 Å². The number of thiazole rings is 1. The number of rotatable bonds is 7. The van der Waals surface area contributed by atoms with Crippen molar-refractivity contribution in [2.24, 2.45) is 4.99 Å². The summed E-state index contributed by atoms with van der Waals surface area (Å²) in [5.41, 5.74) is 7.24. The van der Waals surface area contributed by atoms with Gasteiger partial charge in [-0.2, -0.15) is 0 Å². The van der Waals surface area contributed by atoms with Crippen LogP contribution in [-0.2, 0) is 13.0 Å². The predicted octanol–water partition coefficient (Wildman–Crippen LogP) is 7.02. The fourth-order valence-corrected chi connectivity index (χ4v) is 9.06. The number of hydrogen-bond acceptors (Lipinski definition) is 7. The Balaban J connectivity index is 1.27. The van der Waals surface area contributed by atoms with E-state index in [4.69, 9.17) is 14.5 Å². The van der Waals surface area contributed by atoms with Gasteiger partial charge in [0.25, 0.3) is 11.2 Å². The second kappa shape index (κ2) is 12.8. The second-order valence-electron chi connectivity index (χ2n) is 10.9. The molecule has 1 aliphatic carbocycles. The van der Waals surface area contributed by atoms with E-state index in [-0.39, 0.29) is 23.9 Å². The minimum Gasteiger partial charge on any atom is -0.497 e. The Morgan fingerprint density at radius 2 is 1.74 bits per heavy atom. The van der Waals surface area contributed by atoms with Crippen LogP contribution >= 0.6 is 56.5 Å². The maximum Gasteiger partial charge on any atom is 0.271 e. The van der Waals surface area contributed by atoms with Gasteiger partial charge < -0.3 is 9.47 Å². The lowest BCUT2D eigenvalue weighted by Crippen LogP contribution is -2.38. The quantitative estimate of drug-likeness (QED) is 0.0997. The molecule has 0 N–H and O–H groups in total. The standard InChI is InChI=1S/C35H25I2N3O5S/c1-44-25-13-8-23(9-14-25)32-27-15-10-22-4-2-3-5-26(22)31(27)38-35-39(32)34(41)30(46-35)18-21-16-28(36)33(29(37)17-21)45-19-20-6-11-24(12-7-20)40(42)43/h2-9,11-14,16-18,32H,10,15,19H2,1H3/b30-18-/t32-/m0/s1. The zero-order chi connectivity index (χ0) is 31.9. The van der Waals surface area contributed by atoms with Gasteiger partial charge in [-0.05, 0) is 128 Å². The van der Waals surface area contributed by atoms with Crippen LogP contribution in [0, 0.1) is 17.3 Å². The van der Waals surface area contributed by atoms with Gasteiger partial charge in [0.1, 0.15) is 18.1 Å². The molecular weight excluding hydrogens is 828 g/mol. The highest BCUT2D eigenvalue weighted by Crippen LogP contribution is 2.41. The van der Waals surface area contributed by atoms with E-state index in [1.165, 1.54) is 29.0 Å². The number of methoxy groups -OCH3 is 1. The minimum absolute atomic E-state index is 0.0443.